The molecule has 0 aromatic heterocycles. The monoisotopic (exact) mass is 241 g/mol. The third-order valence-electron chi connectivity index (χ3n) is 1.57. The van der Waals surface area contributed by atoms with Crippen molar-refractivity contribution >= 4 is 35.0 Å². The first-order chi connectivity index (χ1) is 6.15. The van der Waals surface area contributed by atoms with Gasteiger partial charge in [-0.05, 0) is 12.2 Å². The largest absolute Gasteiger partial charge is 0.397 e. The molecule has 0 bridgehead atoms. The Morgan fingerprint density at radius 2 is 2.31 bits per heavy atom. The van der Waals surface area contributed by atoms with Crippen molar-refractivity contribution in [2.45, 2.75) is 24.3 Å². The van der Waals surface area contributed by atoms with Crippen LogP contribution in [-0.4, -0.2) is 16.8 Å². The highest BCUT2D eigenvalue weighted by molar-refractivity contribution is 7.99. The summed E-state index contributed by atoms with van der Waals surface area (Å²) in [6.07, 6.45) is 1.12. The third-order valence-corrected chi connectivity index (χ3v) is 3.49. The fourth-order valence-corrected chi connectivity index (χ4v) is 2.45. The molecule has 2 atom stereocenters. The summed E-state index contributed by atoms with van der Waals surface area (Å²) >= 11 is 13.5. The zero-order chi connectivity index (χ0) is 9.84. The number of hydrogen-bond acceptors (Lipinski definition) is 4. The molecule has 4 N–H and O–H groups in total. The molecule has 3 nitrogen and oxygen atoms in total. The minimum Gasteiger partial charge on any atom is -0.397 e. The van der Waals surface area contributed by atoms with Crippen molar-refractivity contribution < 1.29 is 0 Å². The average Bonchev–Trinajstić information content (AvgIpc) is 2.10. The quantitative estimate of drug-likeness (QED) is 0.519. The molecule has 1 aliphatic heterocycles. The number of alkyl halides is 1. The van der Waals surface area contributed by atoms with Gasteiger partial charge in [-0.3, -0.25) is 5.32 Å². The Hall–Kier alpha value is 0.230. The molecule has 1 aliphatic rings. The molecule has 0 radical (unpaired) electrons. The molecule has 76 valence electrons. The van der Waals surface area contributed by atoms with E-state index in [0.29, 0.717) is 10.9 Å². The van der Waals surface area contributed by atoms with E-state index in [0.717, 1.165) is 12.2 Å². The minimum absolute atomic E-state index is 0.0576. The maximum absolute atomic E-state index is 5.90. The van der Waals surface area contributed by atoms with E-state index in [2.05, 4.69) is 17.6 Å². The summed E-state index contributed by atoms with van der Waals surface area (Å²) in [6, 6.07) is 0. The predicted octanol–water partition coefficient (Wildman–Crippen LogP) is 1.54. The van der Waals surface area contributed by atoms with Crippen LogP contribution in [0.1, 0.15) is 13.3 Å². The van der Waals surface area contributed by atoms with E-state index < -0.39 is 0 Å². The van der Waals surface area contributed by atoms with Gasteiger partial charge in [0.25, 0.3) is 0 Å². The van der Waals surface area contributed by atoms with Gasteiger partial charge in [-0.1, -0.05) is 30.1 Å². The lowest BCUT2D eigenvalue weighted by atomic mass is 10.4. The third kappa shape index (κ3) is 3.13. The summed E-state index contributed by atoms with van der Waals surface area (Å²) in [7, 11) is 0. The van der Waals surface area contributed by atoms with Gasteiger partial charge in [0.2, 0.25) is 0 Å². The average molecular weight is 242 g/mol. The lowest BCUT2D eigenvalue weighted by molar-refractivity contribution is 0.561. The van der Waals surface area contributed by atoms with Gasteiger partial charge in [-0.15, -0.1) is 11.8 Å². The molecule has 2 unspecified atom stereocenters. The highest BCUT2D eigenvalue weighted by Gasteiger charge is 2.23. The van der Waals surface area contributed by atoms with Crippen LogP contribution in [0.25, 0.3) is 0 Å². The van der Waals surface area contributed by atoms with Crippen molar-refractivity contribution in [2.24, 2.45) is 5.73 Å². The Morgan fingerprint density at radius 3 is 2.85 bits per heavy atom. The number of thioether (sulfide) groups is 1. The van der Waals surface area contributed by atoms with Crippen molar-refractivity contribution in [3.63, 3.8) is 0 Å². The van der Waals surface area contributed by atoms with E-state index >= 15 is 0 Å². The normalized spacial score (nSPS) is 28.8. The molecular weight excluding hydrogens is 229 g/mol. The van der Waals surface area contributed by atoms with Crippen LogP contribution in [0.4, 0.5) is 0 Å². The highest BCUT2D eigenvalue weighted by atomic mass is 35.5. The second-order valence-corrected chi connectivity index (χ2v) is 4.72. The molecule has 0 saturated carbocycles. The second-order valence-electron chi connectivity index (χ2n) is 2.69. The molecule has 0 aromatic carbocycles. The van der Waals surface area contributed by atoms with E-state index in [4.69, 9.17) is 28.9 Å². The summed E-state index contributed by atoms with van der Waals surface area (Å²) in [4.78, 5) is 0. The summed E-state index contributed by atoms with van der Waals surface area (Å²) in [5.41, 5.74) is 5.73. The van der Waals surface area contributed by atoms with Gasteiger partial charge in [0.05, 0.1) is 5.70 Å². The van der Waals surface area contributed by atoms with E-state index in [-0.39, 0.29) is 11.0 Å². The Labute approximate surface area is 92.4 Å². The fraction of sp³-hybridized carbons (Fsp3) is 0.714. The molecule has 0 amide bonds. The minimum atomic E-state index is -0.372. The summed E-state index contributed by atoms with van der Waals surface area (Å²) in [5.74, 6) is 1.05. The molecule has 0 saturated heterocycles. The number of hydrogen-bond donors (Lipinski definition) is 3. The fourth-order valence-electron chi connectivity index (χ4n) is 0.900. The molecule has 1 rings (SSSR count). The molecule has 13 heavy (non-hydrogen) atoms. The van der Waals surface area contributed by atoms with Crippen molar-refractivity contribution in [3.8, 4) is 0 Å². The van der Waals surface area contributed by atoms with Crippen molar-refractivity contribution in [3.05, 3.63) is 10.9 Å². The van der Waals surface area contributed by atoms with Crippen LogP contribution in [0.5, 0.6) is 0 Å². The van der Waals surface area contributed by atoms with Gasteiger partial charge >= 0.3 is 0 Å². The maximum Gasteiger partial charge on any atom is 0.128 e. The number of rotatable bonds is 3. The Bertz CT molecular complexity index is 210. The van der Waals surface area contributed by atoms with Gasteiger partial charge < -0.3 is 11.1 Å². The molecular formula is C7H13Cl2N3S. The first-order valence-corrected chi connectivity index (χ1v) is 5.95. The highest BCUT2D eigenvalue weighted by Crippen LogP contribution is 2.20. The maximum atomic E-state index is 5.90. The molecule has 0 fully saturated rings. The zero-order valence-corrected chi connectivity index (χ0v) is 9.64. The van der Waals surface area contributed by atoms with Crippen molar-refractivity contribution in [1.29, 1.82) is 0 Å². The lowest BCUT2D eigenvalue weighted by Crippen LogP contribution is -2.49. The molecule has 0 aromatic rings. The first-order valence-electron chi connectivity index (χ1n) is 4.08. The summed E-state index contributed by atoms with van der Waals surface area (Å²) in [6.45, 7) is 2.12. The van der Waals surface area contributed by atoms with Crippen LogP contribution in [0, 0.1) is 0 Å². The Morgan fingerprint density at radius 1 is 1.62 bits per heavy atom. The van der Waals surface area contributed by atoms with Crippen LogP contribution >= 0.6 is 35.0 Å². The van der Waals surface area contributed by atoms with Crippen LogP contribution in [-0.2, 0) is 0 Å². The second kappa shape index (κ2) is 5.20. The van der Waals surface area contributed by atoms with Crippen LogP contribution in [0.3, 0.4) is 0 Å². The molecule has 6 heteroatoms. The smallest absolute Gasteiger partial charge is 0.128 e. The standard InChI is InChI=1S/C7H13Cl2N3S/c1-2-3-13-7-11-5(8)4(10)6(9)12-7/h5,7,11-12H,2-3,10H2,1H3. The van der Waals surface area contributed by atoms with Gasteiger partial charge in [0, 0.05) is 0 Å². The molecule has 0 aliphatic carbocycles. The first kappa shape index (κ1) is 11.3. The van der Waals surface area contributed by atoms with Crippen molar-refractivity contribution in [2.75, 3.05) is 5.75 Å². The van der Waals surface area contributed by atoms with Gasteiger partial charge in [-0.2, -0.15) is 0 Å². The number of nitrogens with two attached hydrogens (primary N) is 1. The van der Waals surface area contributed by atoms with Crippen molar-refractivity contribution in [1.82, 2.24) is 10.6 Å². The van der Waals surface area contributed by atoms with Crippen LogP contribution in [0.2, 0.25) is 0 Å². The van der Waals surface area contributed by atoms with Crippen LogP contribution in [0.15, 0.2) is 10.9 Å². The van der Waals surface area contributed by atoms with Gasteiger partial charge in [0.15, 0.2) is 0 Å². The predicted molar refractivity (Wildman–Crippen MR) is 59.5 cm³/mol. The van der Waals surface area contributed by atoms with E-state index in [1.165, 1.54) is 0 Å². The number of halogens is 2. The van der Waals surface area contributed by atoms with E-state index in [1.54, 1.807) is 11.8 Å². The molecule has 0 spiro atoms. The lowest BCUT2D eigenvalue weighted by Gasteiger charge is -2.29. The SMILES string of the molecule is CCCSC1NC(Cl)=C(N)C(Cl)N1. The topological polar surface area (TPSA) is 50.1 Å². The van der Waals surface area contributed by atoms with E-state index in [9.17, 15) is 0 Å². The Kier molecular flexibility index (Phi) is 4.52. The summed E-state index contributed by atoms with van der Waals surface area (Å²) in [5, 5.41) is 6.55. The number of nitrogens with one attached hydrogen (secondary N) is 2. The Balaban J connectivity index is 2.48. The van der Waals surface area contributed by atoms with Crippen LogP contribution < -0.4 is 16.4 Å². The van der Waals surface area contributed by atoms with Gasteiger partial charge in [-0.25, -0.2) is 0 Å². The molecule has 1 heterocycles. The summed E-state index contributed by atoms with van der Waals surface area (Å²) < 4.78 is 0. The van der Waals surface area contributed by atoms with Gasteiger partial charge in [0.1, 0.15) is 16.2 Å². The zero-order valence-electron chi connectivity index (χ0n) is 7.31. The van der Waals surface area contributed by atoms with E-state index in [1.807, 2.05) is 0 Å².